The van der Waals surface area contributed by atoms with Crippen LogP contribution in [0.3, 0.4) is 0 Å². The zero-order valence-electron chi connectivity index (χ0n) is 23.1. The Hall–Kier alpha value is -4.05. The van der Waals surface area contributed by atoms with Crippen LogP contribution in [0, 0.1) is 5.92 Å². The van der Waals surface area contributed by atoms with Gasteiger partial charge in [0.15, 0.2) is 0 Å². The highest BCUT2D eigenvalue weighted by atomic mass is 19.4. The Morgan fingerprint density at radius 1 is 0.951 bits per heavy atom. The molecule has 0 amide bonds. The number of para-hydroxylation sites is 1. The van der Waals surface area contributed by atoms with Gasteiger partial charge in [-0.2, -0.15) is 18.2 Å². The third-order valence-corrected chi connectivity index (χ3v) is 7.39. The Morgan fingerprint density at radius 2 is 1.68 bits per heavy atom. The summed E-state index contributed by atoms with van der Waals surface area (Å²) >= 11 is 0. The molecule has 1 heterocycles. The number of benzene rings is 3. The van der Waals surface area contributed by atoms with E-state index in [1.807, 2.05) is 43.3 Å². The predicted octanol–water partition coefficient (Wildman–Crippen LogP) is 6.97. The van der Waals surface area contributed by atoms with Gasteiger partial charge in [0.25, 0.3) is 0 Å². The van der Waals surface area contributed by atoms with Crippen molar-refractivity contribution in [2.24, 2.45) is 5.92 Å². The van der Waals surface area contributed by atoms with E-state index in [2.05, 4.69) is 10.6 Å². The minimum Gasteiger partial charge on any atom is -0.508 e. The molecule has 7 nitrogen and oxygen atoms in total. The summed E-state index contributed by atoms with van der Waals surface area (Å²) in [7, 11) is 3.97. The molecular formula is C31H34F3N5O2. The van der Waals surface area contributed by atoms with Crippen LogP contribution in [0.1, 0.15) is 36.8 Å². The molecule has 1 aromatic heterocycles. The second kappa shape index (κ2) is 12.2. The lowest BCUT2D eigenvalue weighted by Crippen LogP contribution is -2.31. The standard InChI is InChI=1S/C31H34F3N5O2/c1-39(2)29-26-5-3-4-6-27(26)37-30(38-29)36-23-11-7-20(8-12-23)18-35-19-21-17-24(40)13-16-28(21)41-25-14-9-22(10-15-25)31(32,33)34/h3-6,9-10,13-17,20,23,35,40H,7-8,11-12,18-19H2,1-2H3,(H,36,37,38)/t20-,23+. The monoisotopic (exact) mass is 565 g/mol. The van der Waals surface area contributed by atoms with E-state index < -0.39 is 11.7 Å². The number of hydrogen-bond donors (Lipinski definition) is 3. The largest absolute Gasteiger partial charge is 0.508 e. The fraction of sp³-hybridized carbons (Fsp3) is 0.355. The van der Waals surface area contributed by atoms with Crippen molar-refractivity contribution < 1.29 is 23.0 Å². The number of alkyl halides is 3. The van der Waals surface area contributed by atoms with Crippen molar-refractivity contribution in [3.05, 3.63) is 77.9 Å². The van der Waals surface area contributed by atoms with E-state index in [-0.39, 0.29) is 5.75 Å². The van der Waals surface area contributed by atoms with E-state index in [1.54, 1.807) is 12.1 Å². The molecule has 0 saturated heterocycles. The van der Waals surface area contributed by atoms with Gasteiger partial charge in [-0.05, 0) is 92.7 Å². The lowest BCUT2D eigenvalue weighted by Gasteiger charge is -2.29. The number of aromatic nitrogens is 2. The molecular weight excluding hydrogens is 531 g/mol. The molecule has 3 N–H and O–H groups in total. The molecule has 10 heteroatoms. The number of halogens is 3. The fourth-order valence-electron chi connectivity index (χ4n) is 5.21. The van der Waals surface area contributed by atoms with Crippen LogP contribution in [0.5, 0.6) is 17.2 Å². The van der Waals surface area contributed by atoms with E-state index in [9.17, 15) is 18.3 Å². The van der Waals surface area contributed by atoms with Crippen molar-refractivity contribution in [1.82, 2.24) is 15.3 Å². The highest BCUT2D eigenvalue weighted by Gasteiger charge is 2.30. The molecule has 1 aliphatic rings. The molecule has 1 aliphatic carbocycles. The van der Waals surface area contributed by atoms with E-state index in [4.69, 9.17) is 14.7 Å². The smallest absolute Gasteiger partial charge is 0.416 e. The first-order valence-electron chi connectivity index (χ1n) is 13.7. The van der Waals surface area contributed by atoms with E-state index in [0.29, 0.717) is 36.0 Å². The number of ether oxygens (including phenoxy) is 1. The van der Waals surface area contributed by atoms with Gasteiger partial charge < -0.3 is 25.4 Å². The van der Waals surface area contributed by atoms with Crippen molar-refractivity contribution in [2.75, 3.05) is 30.9 Å². The molecule has 5 rings (SSSR count). The van der Waals surface area contributed by atoms with Crippen LogP contribution in [-0.4, -0.2) is 41.8 Å². The third kappa shape index (κ3) is 7.18. The van der Waals surface area contributed by atoms with Crippen molar-refractivity contribution in [2.45, 2.75) is 44.4 Å². The molecule has 1 fully saturated rings. The number of phenolic OH excluding ortho intramolecular Hbond substituents is 1. The van der Waals surface area contributed by atoms with Crippen LogP contribution < -0.4 is 20.3 Å². The molecule has 0 bridgehead atoms. The first kappa shape index (κ1) is 28.5. The molecule has 3 aromatic carbocycles. The highest BCUT2D eigenvalue weighted by molar-refractivity contribution is 5.90. The summed E-state index contributed by atoms with van der Waals surface area (Å²) in [6.07, 6.45) is -0.287. The Morgan fingerprint density at radius 3 is 2.39 bits per heavy atom. The summed E-state index contributed by atoms with van der Waals surface area (Å²) in [5.41, 5.74) is 0.913. The van der Waals surface area contributed by atoms with Gasteiger partial charge in [0.2, 0.25) is 5.95 Å². The first-order chi connectivity index (χ1) is 19.7. The predicted molar refractivity (Wildman–Crippen MR) is 155 cm³/mol. The summed E-state index contributed by atoms with van der Waals surface area (Å²) in [6, 6.07) is 17.6. The van der Waals surface area contributed by atoms with Gasteiger partial charge in [-0.25, -0.2) is 4.98 Å². The Balaban J connectivity index is 1.13. The summed E-state index contributed by atoms with van der Waals surface area (Å²) in [4.78, 5) is 11.5. The summed E-state index contributed by atoms with van der Waals surface area (Å²) in [5.74, 6) is 2.92. The number of fused-ring (bicyclic) bond motifs is 1. The van der Waals surface area contributed by atoms with Crippen LogP contribution in [0.4, 0.5) is 24.9 Å². The fourth-order valence-corrected chi connectivity index (χ4v) is 5.21. The van der Waals surface area contributed by atoms with Gasteiger partial charge in [0.05, 0.1) is 11.1 Å². The number of nitrogens with one attached hydrogen (secondary N) is 2. The lowest BCUT2D eigenvalue weighted by atomic mass is 9.86. The maximum Gasteiger partial charge on any atom is 0.416 e. The van der Waals surface area contributed by atoms with E-state index in [1.165, 1.54) is 18.2 Å². The van der Waals surface area contributed by atoms with Crippen LogP contribution in [0.25, 0.3) is 10.9 Å². The van der Waals surface area contributed by atoms with E-state index in [0.717, 1.165) is 66.6 Å². The molecule has 0 aliphatic heterocycles. The average Bonchev–Trinajstić information content (AvgIpc) is 2.94. The van der Waals surface area contributed by atoms with Crippen molar-refractivity contribution in [3.8, 4) is 17.2 Å². The summed E-state index contributed by atoms with van der Waals surface area (Å²) < 4.78 is 44.5. The van der Waals surface area contributed by atoms with Crippen LogP contribution in [-0.2, 0) is 12.7 Å². The van der Waals surface area contributed by atoms with Crippen LogP contribution >= 0.6 is 0 Å². The summed E-state index contributed by atoms with van der Waals surface area (Å²) in [6.45, 7) is 1.26. The molecule has 41 heavy (non-hydrogen) atoms. The van der Waals surface area contributed by atoms with Crippen molar-refractivity contribution in [1.29, 1.82) is 0 Å². The molecule has 216 valence electrons. The number of rotatable bonds is 9. The quantitative estimate of drug-likeness (QED) is 0.202. The number of nitrogens with zero attached hydrogens (tertiary/aromatic N) is 3. The highest BCUT2D eigenvalue weighted by Crippen LogP contribution is 2.33. The van der Waals surface area contributed by atoms with E-state index >= 15 is 0 Å². The topological polar surface area (TPSA) is 82.5 Å². The van der Waals surface area contributed by atoms with Gasteiger partial charge in [0.1, 0.15) is 23.1 Å². The van der Waals surface area contributed by atoms with Gasteiger partial charge >= 0.3 is 6.18 Å². The second-order valence-electron chi connectivity index (χ2n) is 10.7. The van der Waals surface area contributed by atoms with Gasteiger partial charge in [-0.1, -0.05) is 12.1 Å². The number of aromatic hydroxyl groups is 1. The minimum absolute atomic E-state index is 0.0986. The van der Waals surface area contributed by atoms with Crippen LogP contribution in [0.15, 0.2) is 66.7 Å². The maximum atomic E-state index is 12.9. The second-order valence-corrected chi connectivity index (χ2v) is 10.7. The van der Waals surface area contributed by atoms with Gasteiger partial charge in [-0.3, -0.25) is 0 Å². The van der Waals surface area contributed by atoms with Crippen LogP contribution in [0.2, 0.25) is 0 Å². The maximum absolute atomic E-state index is 12.9. The lowest BCUT2D eigenvalue weighted by molar-refractivity contribution is -0.137. The third-order valence-electron chi connectivity index (χ3n) is 7.39. The number of anilines is 2. The summed E-state index contributed by atoms with van der Waals surface area (Å²) in [5, 5.41) is 18.0. The number of phenols is 1. The number of hydrogen-bond acceptors (Lipinski definition) is 7. The molecule has 4 aromatic rings. The van der Waals surface area contributed by atoms with Gasteiger partial charge in [0, 0.05) is 37.6 Å². The Bertz CT molecular complexity index is 1470. The average molecular weight is 566 g/mol. The molecule has 1 saturated carbocycles. The Kier molecular flexibility index (Phi) is 8.49. The normalized spacial score (nSPS) is 17.4. The zero-order chi connectivity index (χ0) is 29.0. The van der Waals surface area contributed by atoms with Crippen molar-refractivity contribution >= 4 is 22.7 Å². The zero-order valence-corrected chi connectivity index (χ0v) is 23.1. The molecule has 0 unspecified atom stereocenters. The van der Waals surface area contributed by atoms with Gasteiger partial charge in [-0.15, -0.1) is 0 Å². The SMILES string of the molecule is CN(C)c1nc(N[C@H]2CC[C@@H](CNCc3cc(O)ccc3Oc3ccc(C(F)(F)F)cc3)CC2)nc2ccccc12. The first-order valence-corrected chi connectivity index (χ1v) is 13.7. The molecule has 0 spiro atoms. The molecule has 0 radical (unpaired) electrons. The Labute approximate surface area is 237 Å². The molecule has 0 atom stereocenters. The van der Waals surface area contributed by atoms with Crippen molar-refractivity contribution in [3.63, 3.8) is 0 Å². The minimum atomic E-state index is -4.40.